The molecule has 3 rings (SSSR count). The van der Waals surface area contributed by atoms with Crippen molar-refractivity contribution in [2.24, 2.45) is 0 Å². The molecule has 0 fully saturated rings. The van der Waals surface area contributed by atoms with E-state index in [9.17, 15) is 0 Å². The maximum atomic E-state index is 5.46. The largest absolute Gasteiger partial charge is 0.493 e. The summed E-state index contributed by atoms with van der Waals surface area (Å²) in [7, 11) is 3.22. The molecule has 25 heavy (non-hydrogen) atoms. The Bertz CT molecular complexity index is 884. The standard InChI is InChI=1S/C20H23N3O2/c1-20(2,3)13-6-8-14(9-7-13)23-19-15-10-11-16(24-4)18(25-5)17(15)21-12-22-19/h6-12H,1-5H3,(H,21,22,23). The molecule has 0 amide bonds. The number of hydrogen-bond acceptors (Lipinski definition) is 5. The van der Waals surface area contributed by atoms with Gasteiger partial charge in [0.2, 0.25) is 0 Å². The molecule has 1 aromatic heterocycles. The van der Waals surface area contributed by atoms with Gasteiger partial charge >= 0.3 is 0 Å². The van der Waals surface area contributed by atoms with Crippen LogP contribution in [0.15, 0.2) is 42.7 Å². The molecular weight excluding hydrogens is 314 g/mol. The van der Waals surface area contributed by atoms with E-state index >= 15 is 0 Å². The zero-order valence-corrected chi connectivity index (χ0v) is 15.3. The van der Waals surface area contributed by atoms with E-state index in [1.54, 1.807) is 14.2 Å². The highest BCUT2D eigenvalue weighted by Gasteiger charge is 2.15. The van der Waals surface area contributed by atoms with Crippen molar-refractivity contribution in [3.05, 3.63) is 48.3 Å². The van der Waals surface area contributed by atoms with Crippen LogP contribution in [0.5, 0.6) is 11.5 Å². The fraction of sp³-hybridized carbons (Fsp3) is 0.300. The molecule has 0 aliphatic carbocycles. The maximum Gasteiger partial charge on any atom is 0.187 e. The van der Waals surface area contributed by atoms with Crippen molar-refractivity contribution in [2.45, 2.75) is 26.2 Å². The van der Waals surface area contributed by atoms with Gasteiger partial charge in [0.15, 0.2) is 11.5 Å². The molecule has 0 aliphatic heterocycles. The SMILES string of the molecule is COc1ccc2c(Nc3ccc(C(C)(C)C)cc3)ncnc2c1OC. The highest BCUT2D eigenvalue weighted by atomic mass is 16.5. The molecule has 0 radical (unpaired) electrons. The third-order valence-electron chi connectivity index (χ3n) is 4.16. The van der Waals surface area contributed by atoms with E-state index in [-0.39, 0.29) is 5.41 Å². The van der Waals surface area contributed by atoms with Crippen molar-refractivity contribution in [3.63, 3.8) is 0 Å². The lowest BCUT2D eigenvalue weighted by Crippen LogP contribution is -2.10. The minimum atomic E-state index is 0.129. The van der Waals surface area contributed by atoms with Crippen molar-refractivity contribution < 1.29 is 9.47 Å². The van der Waals surface area contributed by atoms with Gasteiger partial charge in [0.25, 0.3) is 0 Å². The molecule has 0 bridgehead atoms. The topological polar surface area (TPSA) is 56.3 Å². The predicted molar refractivity (Wildman–Crippen MR) is 101 cm³/mol. The third kappa shape index (κ3) is 3.36. The Morgan fingerprint density at radius 2 is 1.60 bits per heavy atom. The number of rotatable bonds is 4. The number of nitrogens with one attached hydrogen (secondary N) is 1. The van der Waals surface area contributed by atoms with Crippen LogP contribution in [-0.2, 0) is 5.41 Å². The Hall–Kier alpha value is -2.82. The predicted octanol–water partition coefficient (Wildman–Crippen LogP) is 4.69. The molecule has 0 spiro atoms. The number of benzene rings is 2. The number of nitrogens with zero attached hydrogens (tertiary/aromatic N) is 2. The fourth-order valence-corrected chi connectivity index (χ4v) is 2.73. The highest BCUT2D eigenvalue weighted by molar-refractivity contribution is 5.95. The lowest BCUT2D eigenvalue weighted by atomic mass is 9.87. The average molecular weight is 337 g/mol. The monoisotopic (exact) mass is 337 g/mol. The van der Waals surface area contributed by atoms with Crippen LogP contribution in [0.3, 0.4) is 0 Å². The molecule has 0 saturated heterocycles. The molecule has 5 nitrogen and oxygen atoms in total. The van der Waals surface area contributed by atoms with Crippen LogP contribution in [0.1, 0.15) is 26.3 Å². The summed E-state index contributed by atoms with van der Waals surface area (Å²) < 4.78 is 10.8. The fourth-order valence-electron chi connectivity index (χ4n) is 2.73. The molecule has 0 aliphatic rings. The first-order valence-corrected chi connectivity index (χ1v) is 8.17. The average Bonchev–Trinajstić information content (AvgIpc) is 2.60. The van der Waals surface area contributed by atoms with Crippen molar-refractivity contribution in [1.82, 2.24) is 9.97 Å². The molecule has 5 heteroatoms. The van der Waals surface area contributed by atoms with Gasteiger partial charge in [0.1, 0.15) is 17.7 Å². The van der Waals surface area contributed by atoms with Crippen LogP contribution >= 0.6 is 0 Å². The summed E-state index contributed by atoms with van der Waals surface area (Å²) in [6.45, 7) is 6.60. The van der Waals surface area contributed by atoms with Gasteiger partial charge in [-0.2, -0.15) is 0 Å². The van der Waals surface area contributed by atoms with Gasteiger partial charge in [-0.05, 0) is 35.2 Å². The van der Waals surface area contributed by atoms with Gasteiger partial charge in [-0.1, -0.05) is 32.9 Å². The zero-order valence-electron chi connectivity index (χ0n) is 15.3. The summed E-state index contributed by atoms with van der Waals surface area (Å²) in [4.78, 5) is 8.74. The Kier molecular flexibility index (Phi) is 4.49. The summed E-state index contributed by atoms with van der Waals surface area (Å²) in [5, 5.41) is 4.24. The first kappa shape index (κ1) is 17.0. The molecule has 3 aromatic rings. The van der Waals surface area contributed by atoms with Gasteiger partial charge in [0.05, 0.1) is 14.2 Å². The quantitative estimate of drug-likeness (QED) is 0.748. The van der Waals surface area contributed by atoms with Crippen molar-refractivity contribution >= 4 is 22.4 Å². The van der Waals surface area contributed by atoms with Gasteiger partial charge in [-0.25, -0.2) is 9.97 Å². The Labute approximate surface area is 148 Å². The molecule has 130 valence electrons. The molecule has 0 unspecified atom stereocenters. The smallest absolute Gasteiger partial charge is 0.187 e. The van der Waals surface area contributed by atoms with E-state index in [0.717, 1.165) is 16.9 Å². The highest BCUT2D eigenvalue weighted by Crippen LogP contribution is 2.36. The first-order valence-electron chi connectivity index (χ1n) is 8.17. The van der Waals surface area contributed by atoms with Crippen molar-refractivity contribution in [1.29, 1.82) is 0 Å². The van der Waals surface area contributed by atoms with E-state index in [1.165, 1.54) is 11.9 Å². The molecular formula is C20H23N3O2. The van der Waals surface area contributed by atoms with Gasteiger partial charge in [0, 0.05) is 11.1 Å². The van der Waals surface area contributed by atoms with Gasteiger partial charge < -0.3 is 14.8 Å². The van der Waals surface area contributed by atoms with Crippen molar-refractivity contribution in [2.75, 3.05) is 19.5 Å². The summed E-state index contributed by atoms with van der Waals surface area (Å²) in [5.74, 6) is 1.98. The summed E-state index contributed by atoms with van der Waals surface area (Å²) in [6, 6.07) is 12.2. The second kappa shape index (κ2) is 6.59. The van der Waals surface area contributed by atoms with E-state index in [0.29, 0.717) is 17.0 Å². The van der Waals surface area contributed by atoms with Crippen LogP contribution in [0.2, 0.25) is 0 Å². The van der Waals surface area contributed by atoms with Gasteiger partial charge in [-0.15, -0.1) is 0 Å². The summed E-state index contributed by atoms with van der Waals surface area (Å²) in [6.07, 6.45) is 1.52. The lowest BCUT2D eigenvalue weighted by Gasteiger charge is -2.19. The van der Waals surface area contributed by atoms with Crippen LogP contribution < -0.4 is 14.8 Å². The van der Waals surface area contributed by atoms with Gasteiger partial charge in [-0.3, -0.25) is 0 Å². The summed E-state index contributed by atoms with van der Waals surface area (Å²) >= 11 is 0. The summed E-state index contributed by atoms with van der Waals surface area (Å²) in [5.41, 5.74) is 3.11. The number of hydrogen-bond donors (Lipinski definition) is 1. The van der Waals surface area contributed by atoms with Crippen LogP contribution in [0.4, 0.5) is 11.5 Å². The number of aromatic nitrogens is 2. The van der Waals surface area contributed by atoms with E-state index < -0.39 is 0 Å². The van der Waals surface area contributed by atoms with Crippen LogP contribution in [-0.4, -0.2) is 24.2 Å². The zero-order chi connectivity index (χ0) is 18.0. The normalized spacial score (nSPS) is 11.4. The van der Waals surface area contributed by atoms with Crippen molar-refractivity contribution in [3.8, 4) is 11.5 Å². The number of methoxy groups -OCH3 is 2. The van der Waals surface area contributed by atoms with E-state index in [2.05, 4.69) is 60.3 Å². The molecule has 0 atom stereocenters. The Morgan fingerprint density at radius 3 is 2.20 bits per heavy atom. The van der Waals surface area contributed by atoms with E-state index in [1.807, 2.05) is 12.1 Å². The number of anilines is 2. The Balaban J connectivity index is 1.99. The van der Waals surface area contributed by atoms with Crippen LogP contribution in [0, 0.1) is 0 Å². The maximum absolute atomic E-state index is 5.46. The number of fused-ring (bicyclic) bond motifs is 1. The molecule has 1 N–H and O–H groups in total. The van der Waals surface area contributed by atoms with Crippen LogP contribution in [0.25, 0.3) is 10.9 Å². The first-order chi connectivity index (χ1) is 11.9. The minimum absolute atomic E-state index is 0.129. The third-order valence-corrected chi connectivity index (χ3v) is 4.16. The second-order valence-electron chi connectivity index (χ2n) is 6.87. The van der Waals surface area contributed by atoms with E-state index in [4.69, 9.17) is 9.47 Å². The Morgan fingerprint density at radius 1 is 0.880 bits per heavy atom. The molecule has 2 aromatic carbocycles. The second-order valence-corrected chi connectivity index (χ2v) is 6.87. The molecule has 0 saturated carbocycles. The number of ether oxygens (including phenoxy) is 2. The minimum Gasteiger partial charge on any atom is -0.493 e. The lowest BCUT2D eigenvalue weighted by molar-refractivity contribution is 0.358. The molecule has 1 heterocycles.